The van der Waals surface area contributed by atoms with E-state index in [1.807, 2.05) is 0 Å². The van der Waals surface area contributed by atoms with Crippen molar-refractivity contribution in [2.45, 2.75) is 37.2 Å². The molecular formula is C13H11F6NO. The summed E-state index contributed by atoms with van der Waals surface area (Å²) < 4.78 is 74.5. The maximum Gasteiger partial charge on any atom is 0.416 e. The van der Waals surface area contributed by atoms with Gasteiger partial charge in [0, 0.05) is 12.0 Å². The van der Waals surface area contributed by atoms with Crippen LogP contribution in [0.15, 0.2) is 24.3 Å². The third-order valence-corrected chi connectivity index (χ3v) is 3.16. The van der Waals surface area contributed by atoms with Crippen molar-refractivity contribution in [1.29, 1.82) is 0 Å². The summed E-state index contributed by atoms with van der Waals surface area (Å²) in [6.45, 7) is 0. The van der Waals surface area contributed by atoms with Gasteiger partial charge >= 0.3 is 12.4 Å². The van der Waals surface area contributed by atoms with E-state index in [0.717, 1.165) is 6.07 Å². The average Bonchev–Trinajstić information content (AvgIpc) is 3.04. The number of hydrogen-bond donors (Lipinski definition) is 1. The highest BCUT2D eigenvalue weighted by Crippen LogP contribution is 2.46. The molecule has 1 amide bonds. The SMILES string of the molecule is O=C(CC(F)(F)F)N[C@H]1C[C@H]1c1ccccc1C(F)(F)F. The molecule has 1 saturated carbocycles. The topological polar surface area (TPSA) is 29.1 Å². The molecule has 0 aliphatic heterocycles. The average molecular weight is 311 g/mol. The van der Waals surface area contributed by atoms with E-state index >= 15 is 0 Å². The minimum Gasteiger partial charge on any atom is -0.352 e. The molecule has 1 aliphatic rings. The van der Waals surface area contributed by atoms with Gasteiger partial charge in [-0.15, -0.1) is 0 Å². The van der Waals surface area contributed by atoms with Gasteiger partial charge in [-0.1, -0.05) is 18.2 Å². The summed E-state index contributed by atoms with van der Waals surface area (Å²) in [5, 5.41) is 2.11. The third-order valence-electron chi connectivity index (χ3n) is 3.16. The molecule has 21 heavy (non-hydrogen) atoms. The second kappa shape index (κ2) is 5.23. The van der Waals surface area contributed by atoms with E-state index < -0.39 is 42.2 Å². The number of carbonyl (C=O) groups is 1. The normalized spacial score (nSPS) is 22.0. The maximum absolute atomic E-state index is 12.8. The fourth-order valence-corrected chi connectivity index (χ4v) is 2.22. The molecule has 116 valence electrons. The van der Waals surface area contributed by atoms with Crippen LogP contribution in [0.3, 0.4) is 0 Å². The van der Waals surface area contributed by atoms with Crippen molar-refractivity contribution in [3.8, 4) is 0 Å². The Morgan fingerprint density at radius 1 is 1.14 bits per heavy atom. The van der Waals surface area contributed by atoms with Crippen LogP contribution in [0.25, 0.3) is 0 Å². The first kappa shape index (κ1) is 15.7. The largest absolute Gasteiger partial charge is 0.416 e. The Morgan fingerprint density at radius 2 is 1.76 bits per heavy atom. The van der Waals surface area contributed by atoms with E-state index in [1.165, 1.54) is 18.2 Å². The molecule has 1 aromatic carbocycles. The molecule has 1 aliphatic carbocycles. The van der Waals surface area contributed by atoms with Gasteiger partial charge in [0.2, 0.25) is 5.91 Å². The molecule has 2 nitrogen and oxygen atoms in total. The second-order valence-electron chi connectivity index (χ2n) is 4.89. The standard InChI is InChI=1S/C13H11F6NO/c14-12(15,16)6-11(21)20-10-5-8(10)7-3-1-2-4-9(7)13(17,18)19/h1-4,8,10H,5-6H2,(H,20,21)/t8-,10-/m0/s1. The van der Waals surface area contributed by atoms with E-state index in [4.69, 9.17) is 0 Å². The van der Waals surface area contributed by atoms with Crippen molar-refractivity contribution in [3.05, 3.63) is 35.4 Å². The Bertz CT molecular complexity index is 536. The number of hydrogen-bond acceptors (Lipinski definition) is 1. The molecule has 2 rings (SSSR count). The van der Waals surface area contributed by atoms with Crippen LogP contribution in [-0.4, -0.2) is 18.1 Å². The van der Waals surface area contributed by atoms with Gasteiger partial charge in [0.1, 0.15) is 6.42 Å². The fourth-order valence-electron chi connectivity index (χ4n) is 2.22. The predicted molar refractivity (Wildman–Crippen MR) is 61.4 cm³/mol. The summed E-state index contributed by atoms with van der Waals surface area (Å²) in [5.41, 5.74) is -0.815. The molecule has 0 aromatic heterocycles. The Labute approximate surface area is 116 Å². The number of halogens is 6. The lowest BCUT2D eigenvalue weighted by Gasteiger charge is -2.13. The van der Waals surface area contributed by atoms with Crippen molar-refractivity contribution in [2.24, 2.45) is 0 Å². The van der Waals surface area contributed by atoms with Crippen LogP contribution in [0, 0.1) is 0 Å². The molecule has 0 spiro atoms. The number of alkyl halides is 6. The first-order valence-electron chi connectivity index (χ1n) is 6.10. The molecule has 1 aromatic rings. The van der Waals surface area contributed by atoms with Gasteiger partial charge in [0.05, 0.1) is 5.56 Å². The van der Waals surface area contributed by atoms with Crippen molar-refractivity contribution in [2.75, 3.05) is 0 Å². The summed E-state index contributed by atoms with van der Waals surface area (Å²) in [7, 11) is 0. The smallest absolute Gasteiger partial charge is 0.352 e. The maximum atomic E-state index is 12.8. The van der Waals surface area contributed by atoms with Crippen LogP contribution in [0.2, 0.25) is 0 Å². The van der Waals surface area contributed by atoms with Gasteiger partial charge in [-0.2, -0.15) is 26.3 Å². The molecule has 0 saturated heterocycles. The number of amides is 1. The molecule has 0 unspecified atom stereocenters. The van der Waals surface area contributed by atoms with E-state index in [0.29, 0.717) is 0 Å². The molecule has 0 radical (unpaired) electrons. The van der Waals surface area contributed by atoms with Crippen molar-refractivity contribution < 1.29 is 31.1 Å². The number of rotatable bonds is 3. The van der Waals surface area contributed by atoms with Gasteiger partial charge in [-0.3, -0.25) is 4.79 Å². The zero-order valence-corrected chi connectivity index (χ0v) is 10.6. The summed E-state index contributed by atoms with van der Waals surface area (Å²) in [5.74, 6) is -1.82. The van der Waals surface area contributed by atoms with Gasteiger partial charge in [0.25, 0.3) is 0 Å². The summed E-state index contributed by atoms with van der Waals surface area (Å²) in [6.07, 6.45) is -10.6. The van der Waals surface area contributed by atoms with E-state index in [2.05, 4.69) is 5.32 Å². The lowest BCUT2D eigenvalue weighted by atomic mass is 10.0. The number of carbonyl (C=O) groups excluding carboxylic acids is 1. The van der Waals surface area contributed by atoms with Crippen LogP contribution < -0.4 is 5.32 Å². The van der Waals surface area contributed by atoms with Gasteiger partial charge in [-0.25, -0.2) is 0 Å². The Morgan fingerprint density at radius 3 is 2.33 bits per heavy atom. The third kappa shape index (κ3) is 4.12. The molecule has 1 N–H and O–H groups in total. The minimum absolute atomic E-state index is 0.00214. The van der Waals surface area contributed by atoms with Crippen molar-refractivity contribution >= 4 is 5.91 Å². The van der Waals surface area contributed by atoms with E-state index in [1.54, 1.807) is 0 Å². The van der Waals surface area contributed by atoms with Crippen LogP contribution in [0.5, 0.6) is 0 Å². The Balaban J connectivity index is 2.03. The van der Waals surface area contributed by atoms with E-state index in [9.17, 15) is 31.1 Å². The number of nitrogens with one attached hydrogen (secondary N) is 1. The zero-order chi connectivity index (χ0) is 15.8. The predicted octanol–water partition coefficient (Wildman–Crippen LogP) is 3.63. The summed E-state index contributed by atoms with van der Waals surface area (Å²) in [4.78, 5) is 11.1. The Hall–Kier alpha value is -1.73. The fraction of sp³-hybridized carbons (Fsp3) is 0.462. The molecule has 2 atom stereocenters. The van der Waals surface area contributed by atoms with Crippen LogP contribution in [-0.2, 0) is 11.0 Å². The summed E-state index contributed by atoms with van der Waals surface area (Å²) >= 11 is 0. The van der Waals surface area contributed by atoms with Gasteiger partial charge in [-0.05, 0) is 18.1 Å². The molecule has 0 bridgehead atoms. The molecule has 0 heterocycles. The lowest BCUT2D eigenvalue weighted by Crippen LogP contribution is -2.31. The Kier molecular flexibility index (Phi) is 3.90. The monoisotopic (exact) mass is 311 g/mol. The zero-order valence-electron chi connectivity index (χ0n) is 10.6. The van der Waals surface area contributed by atoms with Gasteiger partial charge < -0.3 is 5.32 Å². The first-order valence-corrected chi connectivity index (χ1v) is 6.10. The minimum atomic E-state index is -4.63. The van der Waals surface area contributed by atoms with E-state index in [-0.39, 0.29) is 12.0 Å². The molecule has 1 fully saturated rings. The highest BCUT2D eigenvalue weighted by molar-refractivity contribution is 5.77. The van der Waals surface area contributed by atoms with Gasteiger partial charge in [0.15, 0.2) is 0 Å². The molecular weight excluding hydrogens is 300 g/mol. The van der Waals surface area contributed by atoms with Crippen molar-refractivity contribution in [3.63, 3.8) is 0 Å². The van der Waals surface area contributed by atoms with Crippen LogP contribution in [0.4, 0.5) is 26.3 Å². The summed E-state index contributed by atoms with van der Waals surface area (Å²) in [6, 6.07) is 4.19. The highest BCUT2D eigenvalue weighted by atomic mass is 19.4. The highest BCUT2D eigenvalue weighted by Gasteiger charge is 2.45. The lowest BCUT2D eigenvalue weighted by molar-refractivity contribution is -0.153. The quantitative estimate of drug-likeness (QED) is 0.849. The second-order valence-corrected chi connectivity index (χ2v) is 4.89. The van der Waals surface area contributed by atoms with Crippen LogP contribution >= 0.6 is 0 Å². The van der Waals surface area contributed by atoms with Crippen molar-refractivity contribution in [1.82, 2.24) is 5.32 Å². The van der Waals surface area contributed by atoms with Crippen LogP contribution in [0.1, 0.15) is 29.9 Å². The molecule has 8 heteroatoms. The first-order chi connectivity index (χ1) is 9.58. The number of benzene rings is 1.